The van der Waals surface area contributed by atoms with Gasteiger partial charge in [0, 0.05) is 43.5 Å². The van der Waals surface area contributed by atoms with Crippen molar-refractivity contribution in [1.29, 1.82) is 0 Å². The van der Waals surface area contributed by atoms with Gasteiger partial charge in [-0.1, -0.05) is 31.2 Å². The van der Waals surface area contributed by atoms with Gasteiger partial charge in [-0.15, -0.1) is 0 Å². The average Bonchev–Trinajstić information content (AvgIpc) is 3.52. The number of hydrogen-bond acceptors (Lipinski definition) is 6. The van der Waals surface area contributed by atoms with Crippen LogP contribution in [0.4, 0.5) is 0 Å². The van der Waals surface area contributed by atoms with E-state index in [4.69, 9.17) is 9.47 Å². The lowest BCUT2D eigenvalue weighted by Gasteiger charge is -2.31. The van der Waals surface area contributed by atoms with Crippen molar-refractivity contribution >= 4 is 11.9 Å². The Balaban J connectivity index is 1.22. The molecule has 2 N–H and O–H groups in total. The predicted molar refractivity (Wildman–Crippen MR) is 142 cm³/mol. The monoisotopic (exact) mass is 520 g/mol. The number of carboxylic acid groups (broad SMARTS) is 1. The van der Waals surface area contributed by atoms with Gasteiger partial charge >= 0.3 is 5.97 Å². The number of aryl methyl sites for hydroxylation is 2. The Morgan fingerprint density at radius 1 is 1.29 bits per heavy atom. The first-order chi connectivity index (χ1) is 18.1. The number of benzene rings is 1. The minimum absolute atomic E-state index is 0.0913. The summed E-state index contributed by atoms with van der Waals surface area (Å²) in [5.41, 5.74) is 3.04. The summed E-state index contributed by atoms with van der Waals surface area (Å²) < 4.78 is 13.1. The number of rotatable bonds is 9. The van der Waals surface area contributed by atoms with E-state index in [9.17, 15) is 14.7 Å². The van der Waals surface area contributed by atoms with Crippen molar-refractivity contribution in [3.8, 4) is 5.75 Å². The lowest BCUT2D eigenvalue weighted by molar-refractivity contribution is -0.154. The number of allylic oxidation sites excluding steroid dienone is 3. The van der Waals surface area contributed by atoms with Crippen LogP contribution < -0.4 is 10.1 Å². The molecule has 9 heteroatoms. The maximum Gasteiger partial charge on any atom is 0.347 e. The molecule has 2 heterocycles. The minimum atomic E-state index is -1.29. The van der Waals surface area contributed by atoms with Gasteiger partial charge in [-0.05, 0) is 61.9 Å². The summed E-state index contributed by atoms with van der Waals surface area (Å²) in [5, 5.41) is 17.0. The summed E-state index contributed by atoms with van der Waals surface area (Å²) in [6.07, 6.45) is 8.20. The molecule has 38 heavy (non-hydrogen) atoms. The van der Waals surface area contributed by atoms with Crippen molar-refractivity contribution in [2.45, 2.75) is 51.2 Å². The second kappa shape index (κ2) is 9.94. The van der Waals surface area contributed by atoms with Gasteiger partial charge in [0.2, 0.25) is 5.60 Å². The van der Waals surface area contributed by atoms with E-state index in [1.807, 2.05) is 36.9 Å². The molecule has 2 aliphatic carbocycles. The van der Waals surface area contributed by atoms with E-state index in [1.165, 1.54) is 5.70 Å². The Bertz CT molecular complexity index is 1310. The molecule has 3 aliphatic rings. The molecule has 5 rings (SSSR count). The summed E-state index contributed by atoms with van der Waals surface area (Å²) in [4.78, 5) is 26.9. The van der Waals surface area contributed by atoms with Crippen molar-refractivity contribution in [1.82, 2.24) is 20.0 Å². The lowest BCUT2D eigenvalue weighted by atomic mass is 9.93. The maximum absolute atomic E-state index is 13.0. The van der Waals surface area contributed by atoms with Crippen molar-refractivity contribution in [3.63, 3.8) is 0 Å². The van der Waals surface area contributed by atoms with E-state index >= 15 is 0 Å². The largest absolute Gasteiger partial charge is 0.478 e. The average molecular weight is 521 g/mol. The predicted octanol–water partition coefficient (Wildman–Crippen LogP) is 3.33. The highest BCUT2D eigenvalue weighted by atomic mass is 16.5. The Labute approximate surface area is 223 Å². The number of carbonyl (C=O) groups is 2. The highest BCUT2D eigenvalue weighted by molar-refractivity contribution is 5.92. The standard InChI is InChI=1S/C29H36N4O5/c1-5-28(3,27(35)36)38-24-7-6-20(14-19(24)2)18-30-26(34)23-16-25(32(4)31-23)29-9-8-22(15-21(29)17-29)33-10-12-37-13-11-33/h6-9,14-16,21H,5,10-13,17-18H2,1-4H3,(H,30,34)(H,35,36). The topological polar surface area (TPSA) is 106 Å². The van der Waals surface area contributed by atoms with E-state index in [1.54, 1.807) is 19.9 Å². The molecule has 0 radical (unpaired) electrons. The van der Waals surface area contributed by atoms with Crippen LogP contribution in [-0.4, -0.2) is 63.6 Å². The smallest absolute Gasteiger partial charge is 0.347 e. The molecule has 1 aromatic carbocycles. The van der Waals surface area contributed by atoms with Gasteiger partial charge in [0.25, 0.3) is 5.91 Å². The number of amides is 1. The fourth-order valence-electron chi connectivity index (χ4n) is 5.34. The molecule has 2 aromatic rings. The first-order valence-corrected chi connectivity index (χ1v) is 13.2. The summed E-state index contributed by atoms with van der Waals surface area (Å²) in [6.45, 7) is 8.91. The van der Waals surface area contributed by atoms with Gasteiger partial charge in [-0.2, -0.15) is 5.10 Å². The third-order valence-corrected chi connectivity index (χ3v) is 8.10. The Morgan fingerprint density at radius 3 is 2.71 bits per heavy atom. The van der Waals surface area contributed by atoms with Crippen LogP contribution in [0.25, 0.3) is 0 Å². The maximum atomic E-state index is 13.0. The number of nitrogens with one attached hydrogen (secondary N) is 1. The zero-order valence-electron chi connectivity index (χ0n) is 22.5. The molecule has 1 aromatic heterocycles. The highest BCUT2D eigenvalue weighted by Crippen LogP contribution is 2.58. The molecule has 3 atom stereocenters. The van der Waals surface area contributed by atoms with Gasteiger partial charge in [-0.25, -0.2) is 4.79 Å². The molecule has 202 valence electrons. The fraction of sp³-hybridized carbons (Fsp3) is 0.483. The van der Waals surface area contributed by atoms with E-state index in [0.29, 0.717) is 30.3 Å². The van der Waals surface area contributed by atoms with Gasteiger partial charge in [-0.3, -0.25) is 9.48 Å². The Hall–Kier alpha value is -3.59. The third-order valence-electron chi connectivity index (χ3n) is 8.10. The number of carbonyl (C=O) groups excluding carboxylic acids is 1. The van der Waals surface area contributed by atoms with Crippen molar-refractivity contribution in [2.75, 3.05) is 26.3 Å². The van der Waals surface area contributed by atoms with Gasteiger partial charge in [0.1, 0.15) is 11.4 Å². The lowest BCUT2D eigenvalue weighted by Crippen LogP contribution is -2.40. The molecular formula is C29H36N4O5. The van der Waals surface area contributed by atoms with Crippen LogP contribution in [0.1, 0.15) is 54.0 Å². The molecule has 3 unspecified atom stereocenters. The summed E-state index contributed by atoms with van der Waals surface area (Å²) in [5.74, 6) is -0.297. The number of ether oxygens (including phenoxy) is 2. The van der Waals surface area contributed by atoms with Gasteiger partial charge in [0.05, 0.1) is 13.2 Å². The quantitative estimate of drug-likeness (QED) is 0.522. The van der Waals surface area contributed by atoms with Crippen molar-refractivity contribution in [3.05, 3.63) is 70.7 Å². The Morgan fingerprint density at radius 2 is 2.05 bits per heavy atom. The number of fused-ring (bicyclic) bond motifs is 1. The molecule has 2 fully saturated rings. The zero-order valence-corrected chi connectivity index (χ0v) is 22.5. The van der Waals surface area contributed by atoms with Crippen LogP contribution >= 0.6 is 0 Å². The van der Waals surface area contributed by atoms with E-state index in [0.717, 1.165) is 49.5 Å². The SMILES string of the molecule is CCC(C)(Oc1ccc(CNC(=O)c2cc(C34C=CC(N5CCOCC5)=CC3C4)n(C)n2)cc1C)C(=O)O. The number of hydrogen-bond donors (Lipinski definition) is 2. The molecule has 1 saturated carbocycles. The van der Waals surface area contributed by atoms with Crippen molar-refractivity contribution < 1.29 is 24.2 Å². The van der Waals surface area contributed by atoms with Crippen LogP contribution in [0.5, 0.6) is 5.75 Å². The summed E-state index contributed by atoms with van der Waals surface area (Å²) in [6, 6.07) is 7.40. The van der Waals surface area contributed by atoms with E-state index in [-0.39, 0.29) is 11.3 Å². The number of aromatic nitrogens is 2. The highest BCUT2D eigenvalue weighted by Gasteiger charge is 2.55. The van der Waals surface area contributed by atoms with Crippen LogP contribution in [0.2, 0.25) is 0 Å². The fourth-order valence-corrected chi connectivity index (χ4v) is 5.34. The first kappa shape index (κ1) is 26.0. The van der Waals surface area contributed by atoms with E-state index < -0.39 is 11.6 Å². The minimum Gasteiger partial charge on any atom is -0.478 e. The summed E-state index contributed by atoms with van der Waals surface area (Å²) in [7, 11) is 1.90. The number of morpholine rings is 1. The van der Waals surface area contributed by atoms with Crippen molar-refractivity contribution in [2.24, 2.45) is 13.0 Å². The second-order valence-electron chi connectivity index (χ2n) is 10.7. The van der Waals surface area contributed by atoms with Crippen LogP contribution in [0, 0.1) is 12.8 Å². The first-order valence-electron chi connectivity index (χ1n) is 13.2. The second-order valence-corrected chi connectivity index (χ2v) is 10.7. The van der Waals surface area contributed by atoms with Crippen LogP contribution in [0.3, 0.4) is 0 Å². The van der Waals surface area contributed by atoms with Crippen LogP contribution in [0.15, 0.2) is 48.2 Å². The van der Waals surface area contributed by atoms with Gasteiger partial charge in [0.15, 0.2) is 0 Å². The molecule has 0 bridgehead atoms. The third kappa shape index (κ3) is 4.82. The number of aliphatic carboxylic acids is 1. The molecule has 9 nitrogen and oxygen atoms in total. The molecule has 1 saturated heterocycles. The number of carboxylic acids is 1. The molecular weight excluding hydrogens is 484 g/mol. The Kier molecular flexibility index (Phi) is 6.81. The van der Waals surface area contributed by atoms with Crippen LogP contribution in [-0.2, 0) is 28.5 Å². The van der Waals surface area contributed by atoms with E-state index in [2.05, 4.69) is 33.5 Å². The molecule has 1 aliphatic heterocycles. The molecule has 1 amide bonds. The summed E-state index contributed by atoms with van der Waals surface area (Å²) >= 11 is 0. The zero-order chi connectivity index (χ0) is 27.1. The van der Waals surface area contributed by atoms with Gasteiger partial charge < -0.3 is 24.8 Å². The number of nitrogens with zero attached hydrogens (tertiary/aromatic N) is 3. The normalized spacial score (nSPS) is 23.7. The molecule has 0 spiro atoms.